The summed E-state index contributed by atoms with van der Waals surface area (Å²) in [6, 6.07) is 1.49. The number of carbonyl (C=O) groups excluding carboxylic acids is 1. The van der Waals surface area contributed by atoms with Gasteiger partial charge < -0.3 is 19.0 Å². The molecule has 0 spiro atoms. The molecule has 10 nitrogen and oxygen atoms in total. The summed E-state index contributed by atoms with van der Waals surface area (Å²) in [6.45, 7) is 9.26. The Morgan fingerprint density at radius 2 is 2.15 bits per heavy atom. The lowest BCUT2D eigenvalue weighted by atomic mass is 10.1. The molecule has 3 heterocycles. The number of ether oxygens (including phenoxy) is 3. The van der Waals surface area contributed by atoms with Crippen LogP contribution in [0.1, 0.15) is 47.3 Å². The molecule has 27 heavy (non-hydrogen) atoms. The zero-order chi connectivity index (χ0) is 19.8. The first kappa shape index (κ1) is 19.3. The van der Waals surface area contributed by atoms with E-state index in [9.17, 15) is 9.59 Å². The van der Waals surface area contributed by atoms with Gasteiger partial charge >= 0.3 is 11.8 Å². The van der Waals surface area contributed by atoms with E-state index in [1.54, 1.807) is 20.8 Å². The number of carbonyl (C=O) groups is 1. The van der Waals surface area contributed by atoms with Crippen molar-refractivity contribution in [3.63, 3.8) is 0 Å². The lowest BCUT2D eigenvalue weighted by Crippen LogP contribution is -2.31. The van der Waals surface area contributed by atoms with Gasteiger partial charge in [0, 0.05) is 6.20 Å². The number of rotatable bonds is 3. The van der Waals surface area contributed by atoms with Gasteiger partial charge in [-0.3, -0.25) is 9.88 Å². The van der Waals surface area contributed by atoms with E-state index in [-0.39, 0.29) is 11.9 Å². The first-order valence-electron chi connectivity index (χ1n) is 8.66. The normalized spacial score (nSPS) is 24.3. The van der Waals surface area contributed by atoms with Crippen molar-refractivity contribution in [1.82, 2.24) is 9.55 Å². The van der Waals surface area contributed by atoms with Crippen molar-refractivity contribution in [2.45, 2.75) is 64.8 Å². The van der Waals surface area contributed by atoms with Crippen molar-refractivity contribution in [3.8, 4) is 0 Å². The Kier molecular flexibility index (Phi) is 4.96. The summed E-state index contributed by atoms with van der Waals surface area (Å²) in [5.41, 5.74) is -0.548. The summed E-state index contributed by atoms with van der Waals surface area (Å²) in [6.07, 6.45) is 0.256. The Labute approximate surface area is 156 Å². The third-order valence-electron chi connectivity index (χ3n) is 3.82. The Morgan fingerprint density at radius 1 is 1.41 bits per heavy atom. The molecule has 1 aromatic rings. The minimum Gasteiger partial charge on any atom is -0.444 e. The Morgan fingerprint density at radius 3 is 2.74 bits per heavy atom. The van der Waals surface area contributed by atoms with Crippen molar-refractivity contribution < 1.29 is 23.8 Å². The molecular weight excluding hydrogens is 356 g/mol. The number of amides is 1. The molecule has 3 rings (SSSR count). The van der Waals surface area contributed by atoms with Gasteiger partial charge in [0.2, 0.25) is 6.23 Å². The zero-order valence-corrected chi connectivity index (χ0v) is 16.0. The quantitative estimate of drug-likeness (QED) is 0.853. The van der Waals surface area contributed by atoms with Crippen LogP contribution in [0, 0.1) is 0 Å². The zero-order valence-electron chi connectivity index (χ0n) is 16.0. The summed E-state index contributed by atoms with van der Waals surface area (Å²) in [4.78, 5) is 33.3. The summed E-state index contributed by atoms with van der Waals surface area (Å²) in [7, 11) is 0. The molecule has 1 amide bonds. The smallest absolute Gasteiger partial charge is 0.413 e. The van der Waals surface area contributed by atoms with E-state index in [0.717, 1.165) is 0 Å². The second-order valence-corrected chi connectivity index (χ2v) is 7.79. The second-order valence-electron chi connectivity index (χ2n) is 7.79. The van der Waals surface area contributed by atoms with Crippen LogP contribution in [-0.2, 0) is 19.0 Å². The standard InChI is InChI=1S/C17H24N4O6/c1-16(2,3)26-15(23)19-12-6-7-21(14(22)18-12)13-8-10(20-27-13)11-9-24-17(4,5)25-11/h6-7,11,13H,8-9H2,1-5H3,(H,18,19,22,23)/t11-,13-/m0/s1. The van der Waals surface area contributed by atoms with Crippen LogP contribution in [0.5, 0.6) is 0 Å². The Balaban J connectivity index is 1.62. The van der Waals surface area contributed by atoms with E-state index in [4.69, 9.17) is 19.0 Å². The first-order valence-corrected chi connectivity index (χ1v) is 8.66. The predicted octanol–water partition coefficient (Wildman–Crippen LogP) is 2.02. The van der Waals surface area contributed by atoms with Crippen LogP contribution >= 0.6 is 0 Å². The minimum absolute atomic E-state index is 0.0962. The minimum atomic E-state index is -0.684. The van der Waals surface area contributed by atoms with E-state index in [1.807, 2.05) is 13.8 Å². The molecule has 2 aliphatic rings. The molecule has 1 N–H and O–H groups in total. The number of hydrogen-bond donors (Lipinski definition) is 1. The molecule has 1 fully saturated rings. The van der Waals surface area contributed by atoms with Crippen molar-refractivity contribution in [2.24, 2.45) is 5.16 Å². The maximum absolute atomic E-state index is 12.3. The number of oxime groups is 1. The van der Waals surface area contributed by atoms with Gasteiger partial charge in [0.15, 0.2) is 5.79 Å². The van der Waals surface area contributed by atoms with Crippen LogP contribution < -0.4 is 11.0 Å². The van der Waals surface area contributed by atoms with Gasteiger partial charge in [-0.25, -0.2) is 9.59 Å². The Bertz CT molecular complexity index is 810. The first-order chi connectivity index (χ1) is 12.5. The molecule has 0 bridgehead atoms. The summed E-state index contributed by atoms with van der Waals surface area (Å²) in [5.74, 6) is -0.572. The third-order valence-corrected chi connectivity index (χ3v) is 3.82. The molecule has 10 heteroatoms. The van der Waals surface area contributed by atoms with E-state index in [1.165, 1.54) is 16.8 Å². The third kappa shape index (κ3) is 4.83. The fraction of sp³-hybridized carbons (Fsp3) is 0.647. The highest BCUT2D eigenvalue weighted by molar-refractivity contribution is 5.89. The highest BCUT2D eigenvalue weighted by Crippen LogP contribution is 2.29. The van der Waals surface area contributed by atoms with Gasteiger partial charge in [-0.1, -0.05) is 5.16 Å². The van der Waals surface area contributed by atoms with Gasteiger partial charge in [-0.05, 0) is 40.7 Å². The van der Waals surface area contributed by atoms with Gasteiger partial charge in [-0.2, -0.15) is 4.98 Å². The van der Waals surface area contributed by atoms with Gasteiger partial charge in [-0.15, -0.1) is 0 Å². The van der Waals surface area contributed by atoms with E-state index in [0.29, 0.717) is 18.7 Å². The van der Waals surface area contributed by atoms with Gasteiger partial charge in [0.1, 0.15) is 17.5 Å². The molecule has 0 radical (unpaired) electrons. The van der Waals surface area contributed by atoms with Crippen LogP contribution in [0.4, 0.5) is 10.6 Å². The molecule has 0 aliphatic carbocycles. The van der Waals surface area contributed by atoms with Crippen LogP contribution in [0.3, 0.4) is 0 Å². The largest absolute Gasteiger partial charge is 0.444 e. The summed E-state index contributed by atoms with van der Waals surface area (Å²) < 4.78 is 17.7. The van der Waals surface area contributed by atoms with Crippen LogP contribution in [0.15, 0.2) is 22.2 Å². The molecule has 1 aromatic heterocycles. The number of aromatic nitrogens is 2. The van der Waals surface area contributed by atoms with Crippen LogP contribution in [-0.4, -0.2) is 45.5 Å². The van der Waals surface area contributed by atoms with Crippen molar-refractivity contribution in [2.75, 3.05) is 11.9 Å². The molecule has 0 aromatic carbocycles. The average Bonchev–Trinajstić information content (AvgIpc) is 3.11. The maximum atomic E-state index is 12.3. The molecular formula is C17H24N4O6. The average molecular weight is 380 g/mol. The predicted molar refractivity (Wildman–Crippen MR) is 95.4 cm³/mol. The maximum Gasteiger partial charge on any atom is 0.413 e. The number of nitrogens with zero attached hydrogens (tertiary/aromatic N) is 3. The molecule has 148 valence electrons. The van der Waals surface area contributed by atoms with E-state index in [2.05, 4.69) is 15.5 Å². The molecule has 0 saturated carbocycles. The monoisotopic (exact) mass is 380 g/mol. The second kappa shape index (κ2) is 6.93. The number of nitrogens with one attached hydrogen (secondary N) is 1. The number of hydrogen-bond acceptors (Lipinski definition) is 8. The summed E-state index contributed by atoms with van der Waals surface area (Å²) in [5, 5.41) is 6.46. The fourth-order valence-corrected chi connectivity index (χ4v) is 2.68. The van der Waals surface area contributed by atoms with Crippen molar-refractivity contribution in [3.05, 3.63) is 22.7 Å². The summed E-state index contributed by atoms with van der Waals surface area (Å²) >= 11 is 0. The van der Waals surface area contributed by atoms with Crippen molar-refractivity contribution in [1.29, 1.82) is 0 Å². The number of anilines is 1. The fourth-order valence-electron chi connectivity index (χ4n) is 2.68. The van der Waals surface area contributed by atoms with Gasteiger partial charge in [0.25, 0.3) is 0 Å². The van der Waals surface area contributed by atoms with Crippen LogP contribution in [0.2, 0.25) is 0 Å². The highest BCUT2D eigenvalue weighted by atomic mass is 16.7. The molecule has 1 saturated heterocycles. The molecule has 2 aliphatic heterocycles. The SMILES string of the molecule is CC(C)(C)OC(=O)Nc1ccn([C@@H]2CC([C@@H]3COC(C)(C)O3)=NO2)c(=O)n1. The highest BCUT2D eigenvalue weighted by Gasteiger charge is 2.39. The molecule has 0 unspecified atom stereocenters. The van der Waals surface area contributed by atoms with Crippen LogP contribution in [0.25, 0.3) is 0 Å². The molecule has 2 atom stereocenters. The lowest BCUT2D eigenvalue weighted by molar-refractivity contribution is -0.131. The van der Waals surface area contributed by atoms with Crippen molar-refractivity contribution >= 4 is 17.6 Å². The van der Waals surface area contributed by atoms with E-state index >= 15 is 0 Å². The van der Waals surface area contributed by atoms with E-state index < -0.39 is 29.4 Å². The Hall–Kier alpha value is -2.46. The lowest BCUT2D eigenvalue weighted by Gasteiger charge is -2.19. The van der Waals surface area contributed by atoms with Gasteiger partial charge in [0.05, 0.1) is 18.7 Å². The topological polar surface area (TPSA) is 113 Å².